The molecule has 0 bridgehead atoms. The van der Waals surface area contributed by atoms with Gasteiger partial charge < -0.3 is 0 Å². The zero-order valence-corrected chi connectivity index (χ0v) is 16.3. The van der Waals surface area contributed by atoms with E-state index in [0.717, 1.165) is 48.5 Å². The van der Waals surface area contributed by atoms with E-state index in [2.05, 4.69) is 76.2 Å². The molecule has 0 saturated carbocycles. The Morgan fingerprint density at radius 2 is 0.923 bits per heavy atom. The van der Waals surface area contributed by atoms with Crippen molar-refractivity contribution in [1.29, 1.82) is 0 Å². The molecule has 2 heteroatoms. The van der Waals surface area contributed by atoms with Crippen LogP contribution in [0.5, 0.6) is 0 Å². The molecule has 134 valence electrons. The molecule has 2 aromatic carbocycles. The summed E-state index contributed by atoms with van der Waals surface area (Å²) in [6.07, 6.45) is 4.02. The lowest BCUT2D eigenvalue weighted by Gasteiger charge is -2.15. The van der Waals surface area contributed by atoms with Crippen LogP contribution in [-0.2, 0) is 12.8 Å². The Hall–Kier alpha value is -2.48. The lowest BCUT2D eigenvalue weighted by Crippen LogP contribution is -2.05. The van der Waals surface area contributed by atoms with E-state index in [1.165, 1.54) is 22.3 Å². The summed E-state index contributed by atoms with van der Waals surface area (Å²) in [5.41, 5.74) is 9.17. The third kappa shape index (κ3) is 4.01. The van der Waals surface area contributed by atoms with Crippen LogP contribution in [0.3, 0.4) is 0 Å². The Morgan fingerprint density at radius 1 is 0.577 bits per heavy atom. The minimum absolute atomic E-state index is 0.946. The second-order valence-electron chi connectivity index (χ2n) is 7.05. The molecule has 1 heterocycles. The average molecular weight is 345 g/mol. The topological polar surface area (TPSA) is 25.8 Å². The zero-order chi connectivity index (χ0) is 18.5. The Morgan fingerprint density at radius 3 is 1.23 bits per heavy atom. The van der Waals surface area contributed by atoms with Crippen molar-refractivity contribution in [3.8, 4) is 22.5 Å². The van der Waals surface area contributed by atoms with E-state index < -0.39 is 0 Å². The maximum atomic E-state index is 5.12. The maximum Gasteiger partial charge on any atom is 0.0921 e. The molecule has 0 aliphatic carbocycles. The van der Waals surface area contributed by atoms with Crippen LogP contribution >= 0.6 is 0 Å². The monoisotopic (exact) mass is 344 g/mol. The van der Waals surface area contributed by atoms with Crippen LogP contribution in [0.25, 0.3) is 22.5 Å². The molecular formula is C24H28N2. The van der Waals surface area contributed by atoms with Crippen molar-refractivity contribution in [3.63, 3.8) is 0 Å². The quantitative estimate of drug-likeness (QED) is 0.522. The van der Waals surface area contributed by atoms with E-state index in [9.17, 15) is 0 Å². The van der Waals surface area contributed by atoms with Gasteiger partial charge in [0.15, 0.2) is 0 Å². The van der Waals surface area contributed by atoms with Crippen molar-refractivity contribution < 1.29 is 0 Å². The number of hydrogen-bond acceptors (Lipinski definition) is 2. The largest absolute Gasteiger partial charge is 0.249 e. The highest BCUT2D eigenvalue weighted by atomic mass is 14.9. The van der Waals surface area contributed by atoms with Gasteiger partial charge in [-0.15, -0.1) is 0 Å². The molecule has 26 heavy (non-hydrogen) atoms. The first-order valence-corrected chi connectivity index (χ1v) is 9.66. The highest BCUT2D eigenvalue weighted by molar-refractivity contribution is 5.68. The molecule has 0 atom stereocenters. The Kier molecular flexibility index (Phi) is 5.82. The Labute approximate surface area is 157 Å². The summed E-state index contributed by atoms with van der Waals surface area (Å²) in [4.78, 5) is 10.2. The number of aromatic nitrogens is 2. The minimum Gasteiger partial charge on any atom is -0.249 e. The third-order valence-corrected chi connectivity index (χ3v) is 4.66. The molecule has 2 nitrogen and oxygen atoms in total. The van der Waals surface area contributed by atoms with Crippen molar-refractivity contribution in [2.45, 2.75) is 53.4 Å². The lowest BCUT2D eigenvalue weighted by atomic mass is 10.0. The minimum atomic E-state index is 0.946. The smallest absolute Gasteiger partial charge is 0.0921 e. The molecule has 0 fully saturated rings. The molecule has 0 spiro atoms. The number of rotatable bonds is 6. The standard InChI is InChI=1S/C24H28N2/c1-5-7-21-23(19-13-9-17(3)10-14-19)26-22(8-6-2)24(25-21)20-15-11-18(4)12-16-20/h9-16H,5-8H2,1-4H3. The van der Waals surface area contributed by atoms with E-state index in [-0.39, 0.29) is 0 Å². The van der Waals surface area contributed by atoms with Gasteiger partial charge >= 0.3 is 0 Å². The van der Waals surface area contributed by atoms with Gasteiger partial charge in [0.05, 0.1) is 22.8 Å². The van der Waals surface area contributed by atoms with Crippen molar-refractivity contribution in [1.82, 2.24) is 9.97 Å². The maximum absolute atomic E-state index is 5.12. The predicted molar refractivity (Wildman–Crippen MR) is 110 cm³/mol. The summed E-state index contributed by atoms with van der Waals surface area (Å²) in [7, 11) is 0. The SMILES string of the molecule is CCCc1nc(-c2ccc(C)cc2)c(CCC)nc1-c1ccc(C)cc1. The number of aryl methyl sites for hydroxylation is 4. The molecule has 0 unspecified atom stereocenters. The third-order valence-electron chi connectivity index (χ3n) is 4.66. The fraction of sp³-hybridized carbons (Fsp3) is 0.333. The van der Waals surface area contributed by atoms with Gasteiger partial charge in [-0.25, -0.2) is 9.97 Å². The summed E-state index contributed by atoms with van der Waals surface area (Å²) in [6.45, 7) is 8.63. The van der Waals surface area contributed by atoms with Crippen molar-refractivity contribution in [2.24, 2.45) is 0 Å². The van der Waals surface area contributed by atoms with Gasteiger partial charge in [0.25, 0.3) is 0 Å². The first-order chi connectivity index (χ1) is 12.6. The molecule has 0 radical (unpaired) electrons. The van der Waals surface area contributed by atoms with E-state index in [1.807, 2.05) is 0 Å². The van der Waals surface area contributed by atoms with Gasteiger partial charge in [0.2, 0.25) is 0 Å². The van der Waals surface area contributed by atoms with Crippen LogP contribution < -0.4 is 0 Å². The molecule has 0 saturated heterocycles. The molecule has 0 aliphatic rings. The van der Waals surface area contributed by atoms with Crippen molar-refractivity contribution >= 4 is 0 Å². The number of hydrogen-bond donors (Lipinski definition) is 0. The van der Waals surface area contributed by atoms with Crippen LogP contribution in [0.1, 0.15) is 49.2 Å². The van der Waals surface area contributed by atoms with Crippen LogP contribution in [0, 0.1) is 13.8 Å². The van der Waals surface area contributed by atoms with Gasteiger partial charge in [-0.3, -0.25) is 0 Å². The molecule has 0 amide bonds. The summed E-state index contributed by atoms with van der Waals surface area (Å²) in [5, 5.41) is 0. The molecule has 3 aromatic rings. The second kappa shape index (κ2) is 8.27. The van der Waals surface area contributed by atoms with Crippen LogP contribution in [0.4, 0.5) is 0 Å². The van der Waals surface area contributed by atoms with E-state index >= 15 is 0 Å². The summed E-state index contributed by atoms with van der Waals surface area (Å²) >= 11 is 0. The fourth-order valence-electron chi connectivity index (χ4n) is 3.21. The van der Waals surface area contributed by atoms with Gasteiger partial charge in [-0.2, -0.15) is 0 Å². The molecule has 0 N–H and O–H groups in total. The average Bonchev–Trinajstić information content (AvgIpc) is 2.64. The van der Waals surface area contributed by atoms with Crippen LogP contribution in [0.2, 0.25) is 0 Å². The molecule has 3 rings (SSSR count). The number of nitrogens with zero attached hydrogens (tertiary/aromatic N) is 2. The predicted octanol–water partition coefficient (Wildman–Crippen LogP) is 6.33. The summed E-state index contributed by atoms with van der Waals surface area (Å²) < 4.78 is 0. The van der Waals surface area contributed by atoms with E-state index in [1.54, 1.807) is 0 Å². The highest BCUT2D eigenvalue weighted by Gasteiger charge is 2.15. The number of benzene rings is 2. The molecule has 1 aromatic heterocycles. The molecular weight excluding hydrogens is 316 g/mol. The Bertz CT molecular complexity index is 787. The van der Waals surface area contributed by atoms with Gasteiger partial charge in [0.1, 0.15) is 0 Å². The van der Waals surface area contributed by atoms with Gasteiger partial charge in [0, 0.05) is 11.1 Å². The molecule has 0 aliphatic heterocycles. The first-order valence-electron chi connectivity index (χ1n) is 9.66. The van der Waals surface area contributed by atoms with E-state index in [4.69, 9.17) is 9.97 Å². The van der Waals surface area contributed by atoms with Crippen molar-refractivity contribution in [3.05, 3.63) is 71.0 Å². The second-order valence-corrected chi connectivity index (χ2v) is 7.05. The Balaban J connectivity index is 2.17. The zero-order valence-electron chi connectivity index (χ0n) is 16.3. The van der Waals surface area contributed by atoms with Gasteiger partial charge in [-0.05, 0) is 26.7 Å². The summed E-state index contributed by atoms with van der Waals surface area (Å²) in [6, 6.07) is 17.3. The first kappa shape index (κ1) is 18.3. The lowest BCUT2D eigenvalue weighted by molar-refractivity contribution is 0.837. The van der Waals surface area contributed by atoms with E-state index in [0.29, 0.717) is 0 Å². The normalized spacial score (nSPS) is 10.9. The fourth-order valence-corrected chi connectivity index (χ4v) is 3.21. The summed E-state index contributed by atoms with van der Waals surface area (Å²) in [5.74, 6) is 0. The van der Waals surface area contributed by atoms with Crippen molar-refractivity contribution in [2.75, 3.05) is 0 Å². The highest BCUT2D eigenvalue weighted by Crippen LogP contribution is 2.29. The van der Waals surface area contributed by atoms with Gasteiger partial charge in [-0.1, -0.05) is 86.3 Å². The van der Waals surface area contributed by atoms with Crippen LogP contribution in [0.15, 0.2) is 48.5 Å². The van der Waals surface area contributed by atoms with Crippen LogP contribution in [-0.4, -0.2) is 9.97 Å².